The molecule has 2 fully saturated rings. The number of rotatable bonds is 1. The molecule has 1 aromatic carbocycles. The van der Waals surface area contributed by atoms with Gasteiger partial charge >= 0.3 is 0 Å². The summed E-state index contributed by atoms with van der Waals surface area (Å²) in [6.45, 7) is 1.51. The first-order valence-electron chi connectivity index (χ1n) is 7.94. The highest BCUT2D eigenvalue weighted by atomic mass is 19.1. The molecule has 3 nitrogen and oxygen atoms in total. The minimum Gasteiger partial charge on any atom is -0.399 e. The molecule has 1 amide bonds. The molecule has 0 aromatic heterocycles. The predicted molar refractivity (Wildman–Crippen MR) is 81.5 cm³/mol. The van der Waals surface area contributed by atoms with Crippen LogP contribution in [0.1, 0.15) is 55.3 Å². The lowest BCUT2D eigenvalue weighted by atomic mass is 9.68. The maximum absolute atomic E-state index is 13.9. The minimum absolute atomic E-state index is 0.142. The second-order valence-corrected chi connectivity index (χ2v) is 6.59. The topological polar surface area (TPSA) is 46.3 Å². The van der Waals surface area contributed by atoms with Crippen LogP contribution in [0.15, 0.2) is 18.2 Å². The van der Waals surface area contributed by atoms with E-state index in [9.17, 15) is 9.18 Å². The third kappa shape index (κ3) is 2.89. The van der Waals surface area contributed by atoms with Crippen LogP contribution in [0.4, 0.5) is 10.1 Å². The monoisotopic (exact) mass is 290 g/mol. The predicted octanol–water partition coefficient (Wildman–Crippen LogP) is 3.59. The Labute approximate surface area is 125 Å². The Balaban J connectivity index is 1.67. The number of nitrogens with two attached hydrogens (primary N) is 1. The third-order valence-electron chi connectivity index (χ3n) is 5.25. The van der Waals surface area contributed by atoms with Crippen molar-refractivity contribution in [3.63, 3.8) is 0 Å². The molecule has 1 heterocycles. The Kier molecular flexibility index (Phi) is 3.87. The van der Waals surface area contributed by atoms with Crippen molar-refractivity contribution in [2.45, 2.75) is 44.9 Å². The van der Waals surface area contributed by atoms with Crippen LogP contribution in [0.2, 0.25) is 0 Å². The average Bonchev–Trinajstić information content (AvgIpc) is 2.48. The van der Waals surface area contributed by atoms with Crippen LogP contribution < -0.4 is 5.73 Å². The first-order chi connectivity index (χ1) is 10.1. The van der Waals surface area contributed by atoms with Gasteiger partial charge in [0.05, 0.1) is 5.56 Å². The summed E-state index contributed by atoms with van der Waals surface area (Å²) >= 11 is 0. The molecule has 0 unspecified atom stereocenters. The van der Waals surface area contributed by atoms with Crippen LogP contribution in [0.5, 0.6) is 0 Å². The number of hydrogen-bond donors (Lipinski definition) is 1. The summed E-state index contributed by atoms with van der Waals surface area (Å²) in [4.78, 5) is 14.2. The third-order valence-corrected chi connectivity index (χ3v) is 5.25. The summed E-state index contributed by atoms with van der Waals surface area (Å²) in [5.74, 6) is -0.712. The summed E-state index contributed by atoms with van der Waals surface area (Å²) < 4.78 is 13.9. The second-order valence-electron chi connectivity index (χ2n) is 6.59. The number of nitrogen functional groups attached to an aromatic ring is 1. The quantitative estimate of drug-likeness (QED) is 0.803. The SMILES string of the molecule is Nc1ccc(C(=O)N2CCC3(CCCCC3)CC2)c(F)c1. The first kappa shape index (κ1) is 14.4. The fraction of sp³-hybridized carbons (Fsp3) is 0.588. The van der Waals surface area contributed by atoms with Crippen LogP contribution >= 0.6 is 0 Å². The van der Waals surface area contributed by atoms with Gasteiger partial charge < -0.3 is 10.6 Å². The molecule has 0 bridgehead atoms. The highest BCUT2D eigenvalue weighted by Gasteiger charge is 2.37. The van der Waals surface area contributed by atoms with E-state index in [1.807, 2.05) is 0 Å². The molecule has 1 saturated heterocycles. The normalized spacial score (nSPS) is 21.5. The van der Waals surface area contributed by atoms with Gasteiger partial charge in [0.2, 0.25) is 0 Å². The largest absolute Gasteiger partial charge is 0.399 e. The second kappa shape index (κ2) is 5.66. The van der Waals surface area contributed by atoms with Gasteiger partial charge in [0.1, 0.15) is 5.82 Å². The highest BCUT2D eigenvalue weighted by Crippen LogP contribution is 2.44. The summed E-state index contributed by atoms with van der Waals surface area (Å²) in [5, 5.41) is 0. The number of hydrogen-bond acceptors (Lipinski definition) is 2. The van der Waals surface area contributed by atoms with Gasteiger partial charge in [-0.3, -0.25) is 4.79 Å². The number of nitrogens with zero attached hydrogens (tertiary/aromatic N) is 1. The van der Waals surface area contributed by atoms with E-state index in [0.29, 0.717) is 11.1 Å². The van der Waals surface area contributed by atoms with E-state index in [0.717, 1.165) is 25.9 Å². The number of anilines is 1. The van der Waals surface area contributed by atoms with E-state index in [4.69, 9.17) is 5.73 Å². The zero-order chi connectivity index (χ0) is 14.9. The molecule has 1 saturated carbocycles. The maximum Gasteiger partial charge on any atom is 0.256 e. The van der Waals surface area contributed by atoms with Gasteiger partial charge in [-0.1, -0.05) is 19.3 Å². The molecule has 0 atom stereocenters. The molecule has 1 aliphatic carbocycles. The Morgan fingerprint density at radius 3 is 2.38 bits per heavy atom. The minimum atomic E-state index is -0.516. The average molecular weight is 290 g/mol. The Morgan fingerprint density at radius 2 is 1.76 bits per heavy atom. The van der Waals surface area contributed by atoms with Crippen LogP contribution in [-0.4, -0.2) is 23.9 Å². The van der Waals surface area contributed by atoms with E-state index in [-0.39, 0.29) is 11.5 Å². The lowest BCUT2D eigenvalue weighted by molar-refractivity contribution is 0.0468. The van der Waals surface area contributed by atoms with Crippen molar-refractivity contribution in [2.24, 2.45) is 5.41 Å². The molecule has 2 aliphatic rings. The van der Waals surface area contributed by atoms with Gasteiger partial charge in [0.25, 0.3) is 5.91 Å². The molecular weight excluding hydrogens is 267 g/mol. The van der Waals surface area contributed by atoms with Crippen molar-refractivity contribution in [1.29, 1.82) is 0 Å². The van der Waals surface area contributed by atoms with E-state index in [2.05, 4.69) is 0 Å². The van der Waals surface area contributed by atoms with E-state index in [1.54, 1.807) is 11.0 Å². The molecule has 114 valence electrons. The molecule has 1 aromatic rings. The fourth-order valence-electron chi connectivity index (χ4n) is 3.86. The number of amides is 1. The Morgan fingerprint density at radius 1 is 1.10 bits per heavy atom. The number of carbonyl (C=O) groups is 1. The van der Waals surface area contributed by atoms with Gasteiger partial charge in [-0.15, -0.1) is 0 Å². The Hall–Kier alpha value is -1.58. The van der Waals surface area contributed by atoms with E-state index >= 15 is 0 Å². The van der Waals surface area contributed by atoms with Crippen LogP contribution in [-0.2, 0) is 0 Å². The van der Waals surface area contributed by atoms with E-state index < -0.39 is 5.82 Å². The van der Waals surface area contributed by atoms with Gasteiger partial charge in [-0.25, -0.2) is 4.39 Å². The summed E-state index contributed by atoms with van der Waals surface area (Å²) in [7, 11) is 0. The standard InChI is InChI=1S/C17H23FN2O/c18-15-12-13(19)4-5-14(15)16(21)20-10-8-17(9-11-20)6-2-1-3-7-17/h4-5,12H,1-3,6-11,19H2. The first-order valence-corrected chi connectivity index (χ1v) is 7.94. The zero-order valence-electron chi connectivity index (χ0n) is 12.4. The van der Waals surface area contributed by atoms with Crippen molar-refractivity contribution in [3.05, 3.63) is 29.6 Å². The molecule has 2 N–H and O–H groups in total. The lowest BCUT2D eigenvalue weighted by Gasteiger charge is -2.44. The number of carbonyl (C=O) groups excluding carboxylic acids is 1. The van der Waals surface area contributed by atoms with Gasteiger partial charge in [0.15, 0.2) is 0 Å². The molecule has 1 spiro atoms. The summed E-state index contributed by atoms with van der Waals surface area (Å²) in [6, 6.07) is 4.31. The number of benzene rings is 1. The molecule has 3 rings (SSSR count). The van der Waals surface area contributed by atoms with Gasteiger partial charge in [-0.05, 0) is 49.3 Å². The lowest BCUT2D eigenvalue weighted by Crippen LogP contribution is -2.44. The van der Waals surface area contributed by atoms with Crippen LogP contribution in [0, 0.1) is 11.2 Å². The van der Waals surface area contributed by atoms with Crippen molar-refractivity contribution in [2.75, 3.05) is 18.8 Å². The number of piperidine rings is 1. The maximum atomic E-state index is 13.9. The highest BCUT2D eigenvalue weighted by molar-refractivity contribution is 5.94. The van der Waals surface area contributed by atoms with Crippen molar-refractivity contribution in [1.82, 2.24) is 4.90 Å². The molecule has 21 heavy (non-hydrogen) atoms. The fourth-order valence-corrected chi connectivity index (χ4v) is 3.86. The number of halogens is 1. The molecular formula is C17H23FN2O. The molecule has 1 aliphatic heterocycles. The van der Waals surface area contributed by atoms with Crippen LogP contribution in [0.25, 0.3) is 0 Å². The van der Waals surface area contributed by atoms with Crippen LogP contribution in [0.3, 0.4) is 0 Å². The molecule has 0 radical (unpaired) electrons. The number of likely N-dealkylation sites (tertiary alicyclic amines) is 1. The molecule has 4 heteroatoms. The van der Waals surface area contributed by atoms with Crippen molar-refractivity contribution < 1.29 is 9.18 Å². The van der Waals surface area contributed by atoms with Gasteiger partial charge in [-0.2, -0.15) is 0 Å². The van der Waals surface area contributed by atoms with E-state index in [1.165, 1.54) is 44.2 Å². The zero-order valence-corrected chi connectivity index (χ0v) is 12.4. The van der Waals surface area contributed by atoms with Crippen molar-refractivity contribution >= 4 is 11.6 Å². The van der Waals surface area contributed by atoms with Gasteiger partial charge in [0, 0.05) is 18.8 Å². The summed E-state index contributed by atoms with van der Waals surface area (Å²) in [6.07, 6.45) is 8.71. The Bertz CT molecular complexity index is 528. The smallest absolute Gasteiger partial charge is 0.256 e. The summed E-state index contributed by atoms with van der Waals surface area (Å²) in [5.41, 5.74) is 6.48. The van der Waals surface area contributed by atoms with Crippen molar-refractivity contribution in [3.8, 4) is 0 Å².